The monoisotopic (exact) mass is 333 g/mol. The maximum atomic E-state index is 13.1. The number of hydrogen-bond acceptors (Lipinski definition) is 3. The van der Waals surface area contributed by atoms with Gasteiger partial charge in [0.05, 0.1) is 16.8 Å². The van der Waals surface area contributed by atoms with E-state index in [1.54, 1.807) is 0 Å². The van der Waals surface area contributed by atoms with Crippen LogP contribution in [0.4, 0.5) is 4.48 Å². The van der Waals surface area contributed by atoms with E-state index in [0.717, 1.165) is 26.2 Å². The molecule has 0 unspecified atom stereocenters. The van der Waals surface area contributed by atoms with Gasteiger partial charge in [-0.3, -0.25) is 4.98 Å². The van der Waals surface area contributed by atoms with Crippen molar-refractivity contribution in [2.75, 3.05) is 13.1 Å². The SMILES string of the molecule is N#Cc1cc2ccc(Br)cc2nc1C1CCN(F)CC1. The first-order valence-electron chi connectivity index (χ1n) is 6.58. The Bertz CT molecular complexity index is 687. The molecule has 1 aromatic heterocycles. The molecule has 3 rings (SSSR count). The molecule has 0 saturated carbocycles. The molecule has 0 spiro atoms. The Kier molecular flexibility index (Phi) is 3.68. The van der Waals surface area contributed by atoms with Crippen molar-refractivity contribution in [2.45, 2.75) is 18.8 Å². The van der Waals surface area contributed by atoms with Crippen LogP contribution in [0.5, 0.6) is 0 Å². The number of rotatable bonds is 1. The standard InChI is InChI=1S/C15H13BrFN3/c16-13-2-1-11-7-12(9-18)15(19-14(11)8-13)10-3-5-20(17)6-4-10/h1-2,7-8,10H,3-6H2. The number of nitriles is 1. The van der Waals surface area contributed by atoms with Crippen molar-refractivity contribution in [1.29, 1.82) is 5.26 Å². The zero-order valence-corrected chi connectivity index (χ0v) is 12.4. The van der Waals surface area contributed by atoms with Crippen LogP contribution in [0.15, 0.2) is 28.7 Å². The molecule has 0 radical (unpaired) electrons. The van der Waals surface area contributed by atoms with Crippen LogP contribution in [-0.2, 0) is 0 Å². The number of aromatic nitrogens is 1. The lowest BCUT2D eigenvalue weighted by atomic mass is 9.91. The van der Waals surface area contributed by atoms with Gasteiger partial charge in [0.15, 0.2) is 0 Å². The zero-order chi connectivity index (χ0) is 14.1. The summed E-state index contributed by atoms with van der Waals surface area (Å²) in [5, 5.41) is 11.1. The van der Waals surface area contributed by atoms with Crippen molar-refractivity contribution in [2.24, 2.45) is 0 Å². The van der Waals surface area contributed by atoms with Crippen molar-refractivity contribution in [1.82, 2.24) is 10.1 Å². The highest BCUT2D eigenvalue weighted by molar-refractivity contribution is 9.10. The van der Waals surface area contributed by atoms with Crippen molar-refractivity contribution in [3.63, 3.8) is 0 Å². The van der Waals surface area contributed by atoms with E-state index in [1.807, 2.05) is 24.3 Å². The van der Waals surface area contributed by atoms with Gasteiger partial charge < -0.3 is 0 Å². The van der Waals surface area contributed by atoms with Crippen LogP contribution in [0.2, 0.25) is 0 Å². The second-order valence-corrected chi connectivity index (χ2v) is 5.97. The molecule has 2 aromatic rings. The molecule has 102 valence electrons. The minimum absolute atomic E-state index is 0.167. The minimum atomic E-state index is 0.167. The Morgan fingerprint density at radius 3 is 2.75 bits per heavy atom. The van der Waals surface area contributed by atoms with E-state index >= 15 is 0 Å². The zero-order valence-electron chi connectivity index (χ0n) is 10.8. The van der Waals surface area contributed by atoms with Crippen LogP contribution in [0, 0.1) is 11.3 Å². The quantitative estimate of drug-likeness (QED) is 0.742. The average molecular weight is 334 g/mol. The summed E-state index contributed by atoms with van der Waals surface area (Å²) in [6.45, 7) is 0.821. The third kappa shape index (κ3) is 2.54. The normalized spacial score (nSPS) is 17.2. The number of fused-ring (bicyclic) bond motifs is 1. The van der Waals surface area contributed by atoms with Gasteiger partial charge in [-0.25, -0.2) is 0 Å². The Morgan fingerprint density at radius 1 is 1.30 bits per heavy atom. The fourth-order valence-corrected chi connectivity index (χ4v) is 3.03. The van der Waals surface area contributed by atoms with E-state index in [9.17, 15) is 9.74 Å². The van der Waals surface area contributed by atoms with Gasteiger partial charge in [0.1, 0.15) is 6.07 Å². The molecule has 1 saturated heterocycles. The second kappa shape index (κ2) is 5.47. The third-order valence-electron chi connectivity index (χ3n) is 3.76. The van der Waals surface area contributed by atoms with E-state index in [-0.39, 0.29) is 5.92 Å². The fraction of sp³-hybridized carbons (Fsp3) is 0.333. The molecule has 0 atom stereocenters. The Hall–Kier alpha value is -1.51. The molecule has 3 nitrogen and oxygen atoms in total. The fourth-order valence-electron chi connectivity index (χ4n) is 2.68. The number of pyridine rings is 1. The number of piperidine rings is 1. The molecule has 0 N–H and O–H groups in total. The average Bonchev–Trinajstić information content (AvgIpc) is 2.46. The number of halogens is 2. The summed E-state index contributed by atoms with van der Waals surface area (Å²) >= 11 is 3.44. The molecule has 1 fully saturated rings. The van der Waals surface area contributed by atoms with E-state index in [2.05, 4.69) is 27.0 Å². The van der Waals surface area contributed by atoms with Crippen LogP contribution < -0.4 is 0 Å². The van der Waals surface area contributed by atoms with Gasteiger partial charge in [-0.15, -0.1) is 9.60 Å². The largest absolute Gasteiger partial charge is 0.251 e. The summed E-state index contributed by atoms with van der Waals surface area (Å²) in [6, 6.07) is 9.94. The lowest BCUT2D eigenvalue weighted by molar-refractivity contribution is 0.000376. The van der Waals surface area contributed by atoms with E-state index in [1.165, 1.54) is 0 Å². The van der Waals surface area contributed by atoms with E-state index < -0.39 is 0 Å². The summed E-state index contributed by atoms with van der Waals surface area (Å²) < 4.78 is 14.1. The van der Waals surface area contributed by atoms with Crippen LogP contribution in [-0.4, -0.2) is 23.2 Å². The third-order valence-corrected chi connectivity index (χ3v) is 4.25. The highest BCUT2D eigenvalue weighted by atomic mass is 79.9. The predicted molar refractivity (Wildman–Crippen MR) is 78.8 cm³/mol. The lowest BCUT2D eigenvalue weighted by Crippen LogP contribution is -2.27. The van der Waals surface area contributed by atoms with Crippen LogP contribution in [0.1, 0.15) is 30.0 Å². The maximum Gasteiger partial charge on any atom is 0.101 e. The molecule has 5 heteroatoms. The molecule has 1 aromatic carbocycles. The van der Waals surface area contributed by atoms with Gasteiger partial charge in [-0.2, -0.15) is 5.26 Å². The first-order valence-corrected chi connectivity index (χ1v) is 7.37. The Balaban J connectivity index is 2.06. The molecular formula is C15H13BrFN3. The van der Waals surface area contributed by atoms with Gasteiger partial charge in [0.25, 0.3) is 0 Å². The van der Waals surface area contributed by atoms with Crippen LogP contribution in [0.25, 0.3) is 10.9 Å². The van der Waals surface area contributed by atoms with Crippen molar-refractivity contribution in [3.05, 3.63) is 40.0 Å². The maximum absolute atomic E-state index is 13.1. The topological polar surface area (TPSA) is 39.9 Å². The minimum Gasteiger partial charge on any atom is -0.251 e. The van der Waals surface area contributed by atoms with Crippen molar-refractivity contribution in [3.8, 4) is 6.07 Å². The number of nitrogens with zero attached hydrogens (tertiary/aromatic N) is 3. The summed E-state index contributed by atoms with van der Waals surface area (Å²) in [4.78, 5) is 4.66. The highest BCUT2D eigenvalue weighted by Crippen LogP contribution is 2.31. The first-order chi connectivity index (χ1) is 9.67. The van der Waals surface area contributed by atoms with E-state index in [4.69, 9.17) is 0 Å². The van der Waals surface area contributed by atoms with E-state index in [0.29, 0.717) is 31.5 Å². The van der Waals surface area contributed by atoms with Gasteiger partial charge in [-0.05, 0) is 31.0 Å². The molecule has 0 amide bonds. The number of benzene rings is 1. The Morgan fingerprint density at radius 2 is 2.05 bits per heavy atom. The molecule has 2 heterocycles. The number of hydrogen-bond donors (Lipinski definition) is 0. The molecule has 20 heavy (non-hydrogen) atoms. The summed E-state index contributed by atoms with van der Waals surface area (Å²) in [7, 11) is 0. The molecule has 1 aliphatic heterocycles. The van der Waals surface area contributed by atoms with Gasteiger partial charge >= 0.3 is 0 Å². The lowest BCUT2D eigenvalue weighted by Gasteiger charge is -2.26. The predicted octanol–water partition coefficient (Wildman–Crippen LogP) is 3.93. The molecule has 0 aliphatic carbocycles. The summed E-state index contributed by atoms with van der Waals surface area (Å²) in [5.74, 6) is 0.167. The van der Waals surface area contributed by atoms with Crippen molar-refractivity contribution >= 4 is 26.8 Å². The van der Waals surface area contributed by atoms with Gasteiger partial charge in [0, 0.05) is 28.9 Å². The second-order valence-electron chi connectivity index (χ2n) is 5.05. The van der Waals surface area contributed by atoms with Crippen LogP contribution in [0.3, 0.4) is 0 Å². The smallest absolute Gasteiger partial charge is 0.101 e. The highest BCUT2D eigenvalue weighted by Gasteiger charge is 2.24. The van der Waals surface area contributed by atoms with Gasteiger partial charge in [-0.1, -0.05) is 22.0 Å². The molecular weight excluding hydrogens is 321 g/mol. The van der Waals surface area contributed by atoms with Crippen molar-refractivity contribution < 1.29 is 4.48 Å². The Labute approximate surface area is 125 Å². The summed E-state index contributed by atoms with van der Waals surface area (Å²) in [5.41, 5.74) is 2.29. The molecule has 0 bridgehead atoms. The first kappa shape index (κ1) is 13.5. The van der Waals surface area contributed by atoms with Gasteiger partial charge in [0.2, 0.25) is 0 Å². The van der Waals surface area contributed by atoms with Crippen LogP contribution >= 0.6 is 15.9 Å². The molecule has 1 aliphatic rings. The summed E-state index contributed by atoms with van der Waals surface area (Å²) in [6.07, 6.45) is 1.41.